The van der Waals surface area contributed by atoms with E-state index in [0.717, 1.165) is 23.8 Å². The van der Waals surface area contributed by atoms with Gasteiger partial charge >= 0.3 is 22.3 Å². The molecule has 4 rings (SSSR count). The number of para-hydroxylation sites is 1. The fraction of sp³-hybridized carbons (Fsp3) is 0.148. The van der Waals surface area contributed by atoms with Crippen LogP contribution in [0.5, 0.6) is 5.75 Å². The van der Waals surface area contributed by atoms with Crippen LogP contribution in [0, 0.1) is 6.92 Å². The first-order chi connectivity index (χ1) is 18.0. The first-order valence-electron chi connectivity index (χ1n) is 11.4. The number of urea groups is 1. The number of alkyl halides is 3. The Morgan fingerprint density at radius 3 is 2.34 bits per heavy atom. The van der Waals surface area contributed by atoms with E-state index in [1.54, 1.807) is 30.3 Å². The van der Waals surface area contributed by atoms with Crippen LogP contribution in [0.2, 0.25) is 0 Å². The molecule has 0 bridgehead atoms. The van der Waals surface area contributed by atoms with E-state index in [1.807, 2.05) is 25.1 Å². The molecule has 7 nitrogen and oxygen atoms in total. The molecule has 1 heterocycles. The van der Waals surface area contributed by atoms with Crippen molar-refractivity contribution in [2.45, 2.75) is 31.1 Å². The number of rotatable bonds is 8. The monoisotopic (exact) mass is 544 g/mol. The highest BCUT2D eigenvalue weighted by atomic mass is 32.2. The smallest absolute Gasteiger partial charge is 0.416 e. The van der Waals surface area contributed by atoms with Gasteiger partial charge in [0, 0.05) is 12.2 Å². The van der Waals surface area contributed by atoms with E-state index in [0.29, 0.717) is 23.1 Å². The molecule has 0 aliphatic heterocycles. The van der Waals surface area contributed by atoms with Gasteiger partial charge in [-0.05, 0) is 66.6 Å². The molecule has 1 aromatic heterocycles. The number of carbonyl (C=O) groups excluding carboxylic acids is 1. The average Bonchev–Trinajstić information content (AvgIpc) is 3.39. The molecule has 1 N–H and O–H groups in total. The third-order valence-corrected chi connectivity index (χ3v) is 6.80. The van der Waals surface area contributed by atoms with Gasteiger partial charge in [-0.1, -0.05) is 36.4 Å². The number of carbonyl (C=O) groups is 1. The second kappa shape index (κ2) is 11.0. The molecule has 0 fully saturated rings. The van der Waals surface area contributed by atoms with Crippen molar-refractivity contribution in [3.05, 3.63) is 114 Å². The number of halogens is 3. The predicted molar refractivity (Wildman–Crippen MR) is 134 cm³/mol. The van der Waals surface area contributed by atoms with Gasteiger partial charge in [-0.15, -0.1) is 0 Å². The van der Waals surface area contributed by atoms with Crippen molar-refractivity contribution in [3.8, 4) is 5.75 Å². The zero-order valence-corrected chi connectivity index (χ0v) is 20.9. The van der Waals surface area contributed by atoms with Crippen molar-refractivity contribution in [2.24, 2.45) is 0 Å². The fourth-order valence-electron chi connectivity index (χ4n) is 3.57. The molecule has 0 unspecified atom stereocenters. The first kappa shape index (κ1) is 26.8. The lowest BCUT2D eigenvalue weighted by Crippen LogP contribution is -2.34. The molecule has 0 aliphatic rings. The lowest BCUT2D eigenvalue weighted by molar-refractivity contribution is -0.137. The van der Waals surface area contributed by atoms with Crippen LogP contribution in [0.25, 0.3) is 0 Å². The van der Waals surface area contributed by atoms with Crippen molar-refractivity contribution >= 4 is 21.8 Å². The van der Waals surface area contributed by atoms with E-state index in [4.69, 9.17) is 8.60 Å². The van der Waals surface area contributed by atoms with Gasteiger partial charge in [0.05, 0.1) is 18.4 Å². The van der Waals surface area contributed by atoms with E-state index in [-0.39, 0.29) is 24.9 Å². The molecule has 4 aromatic rings. The molecule has 0 spiro atoms. The van der Waals surface area contributed by atoms with Gasteiger partial charge in [0.2, 0.25) is 0 Å². The Morgan fingerprint density at radius 1 is 0.947 bits per heavy atom. The second-order valence-electron chi connectivity index (χ2n) is 8.39. The van der Waals surface area contributed by atoms with Crippen molar-refractivity contribution in [2.75, 3.05) is 5.32 Å². The number of nitrogens with zero attached hydrogens (tertiary/aromatic N) is 1. The molecule has 0 aliphatic carbocycles. The van der Waals surface area contributed by atoms with Crippen molar-refractivity contribution in [1.29, 1.82) is 0 Å². The Kier molecular flexibility index (Phi) is 7.77. The Morgan fingerprint density at radius 2 is 1.68 bits per heavy atom. The van der Waals surface area contributed by atoms with Gasteiger partial charge in [-0.3, -0.25) is 0 Å². The van der Waals surface area contributed by atoms with Crippen LogP contribution in [0.4, 0.5) is 23.7 Å². The van der Waals surface area contributed by atoms with E-state index in [2.05, 4.69) is 5.32 Å². The summed E-state index contributed by atoms with van der Waals surface area (Å²) in [5, 5.41) is 2.88. The maximum atomic E-state index is 13.1. The van der Waals surface area contributed by atoms with Gasteiger partial charge in [0.15, 0.2) is 0 Å². The van der Waals surface area contributed by atoms with E-state index < -0.39 is 26.8 Å². The Balaban J connectivity index is 1.49. The molecule has 2 amide bonds. The summed E-state index contributed by atoms with van der Waals surface area (Å²) < 4.78 is 74.5. The minimum Gasteiger partial charge on any atom is -0.467 e. The molecule has 11 heteroatoms. The summed E-state index contributed by atoms with van der Waals surface area (Å²) in [7, 11) is -4.51. The van der Waals surface area contributed by atoms with Crippen LogP contribution >= 0.6 is 0 Å². The molecule has 0 saturated carbocycles. The summed E-state index contributed by atoms with van der Waals surface area (Å²) in [4.78, 5) is 14.0. The Labute approximate surface area is 217 Å². The topological polar surface area (TPSA) is 88.9 Å². The number of amides is 2. The third kappa shape index (κ3) is 6.74. The number of benzene rings is 3. The van der Waals surface area contributed by atoms with Crippen LogP contribution in [-0.2, 0) is 29.4 Å². The van der Waals surface area contributed by atoms with E-state index in [9.17, 15) is 26.4 Å². The minimum absolute atomic E-state index is 0.0897. The Bertz CT molecular complexity index is 1500. The number of hydrogen-bond acceptors (Lipinski definition) is 5. The molecular weight excluding hydrogens is 521 g/mol. The van der Waals surface area contributed by atoms with E-state index >= 15 is 0 Å². The van der Waals surface area contributed by atoms with Gasteiger partial charge in [0.25, 0.3) is 0 Å². The summed E-state index contributed by atoms with van der Waals surface area (Å²) in [6, 6.07) is 19.6. The molecule has 3 aromatic carbocycles. The molecule has 198 valence electrons. The molecule has 0 saturated heterocycles. The van der Waals surface area contributed by atoms with E-state index in [1.165, 1.54) is 23.3 Å². The van der Waals surface area contributed by atoms with Gasteiger partial charge < -0.3 is 18.8 Å². The highest BCUT2D eigenvalue weighted by Crippen LogP contribution is 2.31. The first-order valence-corrected chi connectivity index (χ1v) is 12.8. The SMILES string of the molecule is Cc1ccccc1NC(=O)N(Cc1ccc(OS(=O)(=O)c2cccc(C(F)(F)F)c2)cc1)Cc1ccco1. The maximum absolute atomic E-state index is 13.1. The van der Waals surface area contributed by atoms with Gasteiger partial charge in [-0.2, -0.15) is 21.6 Å². The number of nitrogens with one attached hydrogen (secondary N) is 1. The zero-order chi connectivity index (χ0) is 27.3. The number of furan rings is 1. The summed E-state index contributed by atoms with van der Waals surface area (Å²) >= 11 is 0. The van der Waals surface area contributed by atoms with Crippen molar-refractivity contribution < 1.29 is 35.0 Å². The summed E-state index contributed by atoms with van der Waals surface area (Å²) in [5.74, 6) is 0.477. The quantitative estimate of drug-likeness (QED) is 0.252. The summed E-state index contributed by atoms with van der Waals surface area (Å²) in [6.07, 6.45) is -3.19. The van der Waals surface area contributed by atoms with Crippen LogP contribution < -0.4 is 9.50 Å². The van der Waals surface area contributed by atoms with Gasteiger partial charge in [0.1, 0.15) is 16.4 Å². The number of hydrogen-bond donors (Lipinski definition) is 1. The number of aryl methyl sites for hydroxylation is 1. The average molecular weight is 545 g/mol. The fourth-order valence-corrected chi connectivity index (χ4v) is 4.55. The second-order valence-corrected chi connectivity index (χ2v) is 9.93. The normalized spacial score (nSPS) is 11.7. The number of anilines is 1. The molecule has 38 heavy (non-hydrogen) atoms. The summed E-state index contributed by atoms with van der Waals surface area (Å²) in [5.41, 5.74) is 1.10. The predicted octanol–water partition coefficient (Wildman–Crippen LogP) is 6.61. The van der Waals surface area contributed by atoms with Crippen LogP contribution in [0.15, 0.2) is 101 Å². The van der Waals surface area contributed by atoms with Crippen LogP contribution in [-0.4, -0.2) is 19.3 Å². The standard InChI is InChI=1S/C27H23F3N2O5S/c1-19-6-2-3-10-25(19)31-26(33)32(18-23-8-5-15-36-23)17-20-11-13-22(14-12-20)37-38(34,35)24-9-4-7-21(16-24)27(28,29)30/h2-16H,17-18H2,1H3,(H,31,33). The lowest BCUT2D eigenvalue weighted by atomic mass is 10.2. The van der Waals surface area contributed by atoms with Crippen molar-refractivity contribution in [3.63, 3.8) is 0 Å². The van der Waals surface area contributed by atoms with Crippen molar-refractivity contribution in [1.82, 2.24) is 4.90 Å². The van der Waals surface area contributed by atoms with Crippen LogP contribution in [0.1, 0.15) is 22.5 Å². The highest BCUT2D eigenvalue weighted by Gasteiger charge is 2.32. The largest absolute Gasteiger partial charge is 0.467 e. The zero-order valence-electron chi connectivity index (χ0n) is 20.1. The molecule has 0 atom stereocenters. The van der Waals surface area contributed by atoms with Crippen LogP contribution in [0.3, 0.4) is 0 Å². The minimum atomic E-state index is -4.69. The lowest BCUT2D eigenvalue weighted by Gasteiger charge is -2.23. The molecular formula is C27H23F3N2O5S. The maximum Gasteiger partial charge on any atom is 0.416 e. The highest BCUT2D eigenvalue weighted by molar-refractivity contribution is 7.87. The van der Waals surface area contributed by atoms with Gasteiger partial charge in [-0.25, -0.2) is 4.79 Å². The third-order valence-electron chi connectivity index (χ3n) is 5.55. The molecule has 0 radical (unpaired) electrons. The summed E-state index contributed by atoms with van der Waals surface area (Å²) in [6.45, 7) is 2.20. The Hall–Kier alpha value is -4.25.